The summed E-state index contributed by atoms with van der Waals surface area (Å²) in [4.78, 5) is 0.420. The average molecular weight is 265 g/mol. The van der Waals surface area contributed by atoms with Crippen LogP contribution in [0.15, 0.2) is 24.3 Å². The number of hydrogen-bond acceptors (Lipinski definition) is 3. The molecular formula is C14H19NO2S. The van der Waals surface area contributed by atoms with Gasteiger partial charge in [0, 0.05) is 12.2 Å². The number of rotatable bonds is 5. The van der Waals surface area contributed by atoms with Gasteiger partial charge in [-0.25, -0.2) is 0 Å². The van der Waals surface area contributed by atoms with Gasteiger partial charge in [0.15, 0.2) is 0 Å². The highest BCUT2D eigenvalue weighted by atomic mass is 32.1. The van der Waals surface area contributed by atoms with Crippen LogP contribution < -0.4 is 5.73 Å². The van der Waals surface area contributed by atoms with Crippen LogP contribution in [0.3, 0.4) is 0 Å². The molecule has 1 saturated heterocycles. The van der Waals surface area contributed by atoms with Crippen molar-refractivity contribution in [2.75, 3.05) is 13.2 Å². The highest BCUT2D eigenvalue weighted by Gasteiger charge is 2.14. The molecule has 0 amide bonds. The smallest absolute Gasteiger partial charge is 0.104 e. The van der Waals surface area contributed by atoms with Gasteiger partial charge in [-0.3, -0.25) is 0 Å². The van der Waals surface area contributed by atoms with Gasteiger partial charge in [0.1, 0.15) is 4.99 Å². The SMILES string of the molecule is NC(=S)c1ccccc1COCC1CCCCO1. The van der Waals surface area contributed by atoms with Gasteiger partial charge in [0.2, 0.25) is 0 Å². The Balaban J connectivity index is 1.84. The fraction of sp³-hybridized carbons (Fsp3) is 0.500. The van der Waals surface area contributed by atoms with Gasteiger partial charge >= 0.3 is 0 Å². The molecule has 18 heavy (non-hydrogen) atoms. The quantitative estimate of drug-likeness (QED) is 0.830. The second-order valence-corrected chi connectivity index (χ2v) is 4.96. The zero-order valence-electron chi connectivity index (χ0n) is 10.4. The van der Waals surface area contributed by atoms with E-state index in [0.717, 1.165) is 24.2 Å². The lowest BCUT2D eigenvalue weighted by Gasteiger charge is -2.22. The molecule has 4 heteroatoms. The minimum Gasteiger partial charge on any atom is -0.389 e. The molecule has 0 bridgehead atoms. The van der Waals surface area contributed by atoms with Gasteiger partial charge in [-0.05, 0) is 24.8 Å². The van der Waals surface area contributed by atoms with Crippen LogP contribution in [0.1, 0.15) is 30.4 Å². The molecule has 2 N–H and O–H groups in total. The van der Waals surface area contributed by atoms with Crippen molar-refractivity contribution in [3.05, 3.63) is 35.4 Å². The molecule has 1 aromatic rings. The predicted molar refractivity (Wildman–Crippen MR) is 75.6 cm³/mol. The molecule has 3 nitrogen and oxygen atoms in total. The van der Waals surface area contributed by atoms with Crippen LogP contribution in [0.4, 0.5) is 0 Å². The molecule has 0 aliphatic carbocycles. The van der Waals surface area contributed by atoms with E-state index in [1.165, 1.54) is 12.8 Å². The van der Waals surface area contributed by atoms with Gasteiger partial charge in [-0.2, -0.15) is 0 Å². The Morgan fingerprint density at radius 2 is 2.22 bits per heavy atom. The van der Waals surface area contributed by atoms with Crippen LogP contribution in [0.5, 0.6) is 0 Å². The highest BCUT2D eigenvalue weighted by molar-refractivity contribution is 7.80. The van der Waals surface area contributed by atoms with E-state index in [1.807, 2.05) is 24.3 Å². The summed E-state index contributed by atoms with van der Waals surface area (Å²) in [6.07, 6.45) is 3.74. The monoisotopic (exact) mass is 265 g/mol. The van der Waals surface area contributed by atoms with E-state index in [2.05, 4.69) is 0 Å². The molecular weight excluding hydrogens is 246 g/mol. The lowest BCUT2D eigenvalue weighted by atomic mass is 10.1. The largest absolute Gasteiger partial charge is 0.389 e. The molecule has 98 valence electrons. The summed E-state index contributed by atoms with van der Waals surface area (Å²) in [6.45, 7) is 2.04. The van der Waals surface area contributed by atoms with E-state index in [0.29, 0.717) is 18.2 Å². The first kappa shape index (κ1) is 13.5. The normalized spacial score (nSPS) is 19.7. The number of hydrogen-bond donors (Lipinski definition) is 1. The van der Waals surface area contributed by atoms with Crippen molar-refractivity contribution in [1.82, 2.24) is 0 Å². The molecule has 0 aromatic heterocycles. The van der Waals surface area contributed by atoms with Gasteiger partial charge in [0.25, 0.3) is 0 Å². The molecule has 0 saturated carbocycles. The third kappa shape index (κ3) is 3.77. The van der Waals surface area contributed by atoms with Crippen molar-refractivity contribution < 1.29 is 9.47 Å². The number of benzene rings is 1. The summed E-state index contributed by atoms with van der Waals surface area (Å²) < 4.78 is 11.3. The zero-order valence-corrected chi connectivity index (χ0v) is 11.2. The first-order chi connectivity index (χ1) is 8.77. The molecule has 0 radical (unpaired) electrons. The number of nitrogens with two attached hydrogens (primary N) is 1. The predicted octanol–water partition coefficient (Wildman–Crippen LogP) is 2.41. The van der Waals surface area contributed by atoms with E-state index in [9.17, 15) is 0 Å². The molecule has 1 heterocycles. The zero-order chi connectivity index (χ0) is 12.8. The Morgan fingerprint density at radius 3 is 2.94 bits per heavy atom. The van der Waals surface area contributed by atoms with E-state index >= 15 is 0 Å². The van der Waals surface area contributed by atoms with Crippen LogP contribution >= 0.6 is 12.2 Å². The Bertz CT molecular complexity index is 403. The summed E-state index contributed by atoms with van der Waals surface area (Å²) in [5, 5.41) is 0. The average Bonchev–Trinajstić information content (AvgIpc) is 2.40. The molecule has 1 aliphatic heterocycles. The minimum atomic E-state index is 0.246. The maximum absolute atomic E-state index is 5.71. The Kier molecular flexibility index (Phi) is 5.11. The van der Waals surface area contributed by atoms with Crippen LogP contribution in [-0.2, 0) is 16.1 Å². The van der Waals surface area contributed by atoms with Gasteiger partial charge in [-0.1, -0.05) is 36.5 Å². The maximum atomic E-state index is 5.71. The molecule has 1 fully saturated rings. The van der Waals surface area contributed by atoms with E-state index in [-0.39, 0.29) is 6.10 Å². The Labute approximate surface area is 113 Å². The number of thiocarbonyl (C=S) groups is 1. The standard InChI is InChI=1S/C14H19NO2S/c15-14(18)13-7-2-1-5-11(13)9-16-10-12-6-3-4-8-17-12/h1-2,5,7,12H,3-4,6,8-10H2,(H2,15,18). The van der Waals surface area contributed by atoms with Crippen molar-refractivity contribution in [2.45, 2.75) is 32.0 Å². The molecule has 1 atom stereocenters. The van der Waals surface area contributed by atoms with Crippen molar-refractivity contribution in [3.63, 3.8) is 0 Å². The number of ether oxygens (including phenoxy) is 2. The van der Waals surface area contributed by atoms with E-state index in [1.54, 1.807) is 0 Å². The topological polar surface area (TPSA) is 44.5 Å². The highest BCUT2D eigenvalue weighted by Crippen LogP contribution is 2.15. The summed E-state index contributed by atoms with van der Waals surface area (Å²) in [6, 6.07) is 7.83. The second kappa shape index (κ2) is 6.83. The van der Waals surface area contributed by atoms with E-state index in [4.69, 9.17) is 27.4 Å². The van der Waals surface area contributed by atoms with Crippen molar-refractivity contribution in [1.29, 1.82) is 0 Å². The second-order valence-electron chi connectivity index (χ2n) is 4.53. The first-order valence-electron chi connectivity index (χ1n) is 6.34. The molecule has 1 aromatic carbocycles. The van der Waals surface area contributed by atoms with Crippen molar-refractivity contribution >= 4 is 17.2 Å². The lowest BCUT2D eigenvalue weighted by molar-refractivity contribution is -0.0447. The summed E-state index contributed by atoms with van der Waals surface area (Å²) in [7, 11) is 0. The Hall–Kier alpha value is -0.970. The van der Waals surface area contributed by atoms with Crippen LogP contribution in [0.25, 0.3) is 0 Å². The van der Waals surface area contributed by atoms with Crippen LogP contribution in [0, 0.1) is 0 Å². The van der Waals surface area contributed by atoms with Crippen LogP contribution in [-0.4, -0.2) is 24.3 Å². The van der Waals surface area contributed by atoms with Gasteiger partial charge < -0.3 is 15.2 Å². The summed E-state index contributed by atoms with van der Waals surface area (Å²) in [5.74, 6) is 0. The summed E-state index contributed by atoms with van der Waals surface area (Å²) in [5.41, 5.74) is 7.62. The Morgan fingerprint density at radius 1 is 1.39 bits per heavy atom. The third-order valence-electron chi connectivity index (χ3n) is 3.12. The maximum Gasteiger partial charge on any atom is 0.104 e. The third-order valence-corrected chi connectivity index (χ3v) is 3.34. The fourth-order valence-electron chi connectivity index (χ4n) is 2.13. The minimum absolute atomic E-state index is 0.246. The molecule has 1 unspecified atom stereocenters. The van der Waals surface area contributed by atoms with E-state index < -0.39 is 0 Å². The van der Waals surface area contributed by atoms with Crippen molar-refractivity contribution in [3.8, 4) is 0 Å². The van der Waals surface area contributed by atoms with Crippen molar-refractivity contribution in [2.24, 2.45) is 5.73 Å². The molecule has 2 rings (SSSR count). The molecule has 1 aliphatic rings. The fourth-order valence-corrected chi connectivity index (χ4v) is 2.32. The lowest BCUT2D eigenvalue weighted by Crippen LogP contribution is -2.24. The van der Waals surface area contributed by atoms with Crippen LogP contribution in [0.2, 0.25) is 0 Å². The molecule has 0 spiro atoms. The van der Waals surface area contributed by atoms with Gasteiger partial charge in [0.05, 0.1) is 19.3 Å². The van der Waals surface area contributed by atoms with Gasteiger partial charge in [-0.15, -0.1) is 0 Å². The first-order valence-corrected chi connectivity index (χ1v) is 6.75. The summed E-state index contributed by atoms with van der Waals surface area (Å²) >= 11 is 5.02.